The summed E-state index contributed by atoms with van der Waals surface area (Å²) in [6.45, 7) is 4.76. The summed E-state index contributed by atoms with van der Waals surface area (Å²) in [6.07, 6.45) is 1.11. The molecule has 0 fully saturated rings. The minimum Gasteiger partial charge on any atom is -0.393 e. The summed E-state index contributed by atoms with van der Waals surface area (Å²) < 4.78 is 5.03. The van der Waals surface area contributed by atoms with Crippen LogP contribution in [0.1, 0.15) is 24.0 Å². The standard InChI is InChI=1S/C11H19NO2S/c1-8(6-14-3)4-11(13)5-10-7-15-9(2)12-10/h7-8,11,13H,4-6H2,1-3H3. The molecule has 0 aliphatic carbocycles. The molecule has 3 nitrogen and oxygen atoms in total. The van der Waals surface area contributed by atoms with Gasteiger partial charge in [0.15, 0.2) is 0 Å². The fourth-order valence-electron chi connectivity index (χ4n) is 1.64. The van der Waals surface area contributed by atoms with E-state index in [9.17, 15) is 5.11 Å². The summed E-state index contributed by atoms with van der Waals surface area (Å²) in [7, 11) is 1.69. The molecule has 1 aromatic heterocycles. The molecular formula is C11H19NO2S. The molecule has 2 atom stereocenters. The van der Waals surface area contributed by atoms with Crippen LogP contribution in [0.3, 0.4) is 0 Å². The maximum absolute atomic E-state index is 9.82. The van der Waals surface area contributed by atoms with E-state index in [1.807, 2.05) is 12.3 Å². The van der Waals surface area contributed by atoms with E-state index in [1.54, 1.807) is 18.4 Å². The molecule has 0 bridgehead atoms. The first-order valence-corrected chi connectivity index (χ1v) is 6.07. The Morgan fingerprint density at radius 2 is 2.33 bits per heavy atom. The molecule has 0 amide bonds. The number of methoxy groups -OCH3 is 1. The van der Waals surface area contributed by atoms with Crippen LogP contribution in [0.15, 0.2) is 5.38 Å². The van der Waals surface area contributed by atoms with Gasteiger partial charge in [-0.25, -0.2) is 4.98 Å². The van der Waals surface area contributed by atoms with Crippen LogP contribution in [-0.2, 0) is 11.2 Å². The maximum Gasteiger partial charge on any atom is 0.0897 e. The third-order valence-corrected chi connectivity index (χ3v) is 3.06. The van der Waals surface area contributed by atoms with Gasteiger partial charge in [0, 0.05) is 25.5 Å². The minimum absolute atomic E-state index is 0.309. The van der Waals surface area contributed by atoms with Crippen molar-refractivity contribution in [3.63, 3.8) is 0 Å². The van der Waals surface area contributed by atoms with Gasteiger partial charge in [-0.2, -0.15) is 0 Å². The summed E-state index contributed by atoms with van der Waals surface area (Å²) >= 11 is 1.63. The summed E-state index contributed by atoms with van der Waals surface area (Å²) in [5.74, 6) is 0.393. The highest BCUT2D eigenvalue weighted by molar-refractivity contribution is 7.09. The highest BCUT2D eigenvalue weighted by Crippen LogP contribution is 2.14. The van der Waals surface area contributed by atoms with Crippen molar-refractivity contribution in [2.45, 2.75) is 32.8 Å². The van der Waals surface area contributed by atoms with E-state index in [0.717, 1.165) is 17.1 Å². The normalized spacial score (nSPS) is 15.2. The van der Waals surface area contributed by atoms with E-state index in [4.69, 9.17) is 4.74 Å². The molecule has 15 heavy (non-hydrogen) atoms. The van der Waals surface area contributed by atoms with Gasteiger partial charge in [0.2, 0.25) is 0 Å². The average molecular weight is 229 g/mol. The second-order valence-corrected chi connectivity index (χ2v) is 5.07. The molecule has 1 N–H and O–H groups in total. The van der Waals surface area contributed by atoms with E-state index in [2.05, 4.69) is 11.9 Å². The van der Waals surface area contributed by atoms with Crippen LogP contribution in [0.4, 0.5) is 0 Å². The molecule has 1 rings (SSSR count). The van der Waals surface area contributed by atoms with Crippen LogP contribution >= 0.6 is 11.3 Å². The molecule has 0 aromatic carbocycles. The Balaban J connectivity index is 2.32. The van der Waals surface area contributed by atoms with E-state index >= 15 is 0 Å². The largest absolute Gasteiger partial charge is 0.393 e. The molecule has 1 heterocycles. The SMILES string of the molecule is COCC(C)CC(O)Cc1csc(C)n1. The van der Waals surface area contributed by atoms with Gasteiger partial charge in [0.25, 0.3) is 0 Å². The lowest BCUT2D eigenvalue weighted by Gasteiger charge is -2.14. The summed E-state index contributed by atoms with van der Waals surface area (Å²) in [5.41, 5.74) is 0.995. The third kappa shape index (κ3) is 4.73. The van der Waals surface area contributed by atoms with Crippen LogP contribution in [0, 0.1) is 12.8 Å². The second kappa shape index (κ2) is 6.20. The molecular weight excluding hydrogens is 210 g/mol. The first kappa shape index (κ1) is 12.6. The molecule has 1 aromatic rings. The molecule has 0 saturated heterocycles. The molecule has 0 spiro atoms. The van der Waals surface area contributed by atoms with E-state index in [-0.39, 0.29) is 6.10 Å². The lowest BCUT2D eigenvalue weighted by Crippen LogP contribution is -2.17. The third-order valence-electron chi connectivity index (χ3n) is 2.24. The molecule has 4 heteroatoms. The predicted molar refractivity (Wildman–Crippen MR) is 62.2 cm³/mol. The topological polar surface area (TPSA) is 42.4 Å². The van der Waals surface area contributed by atoms with Crippen LogP contribution in [0.5, 0.6) is 0 Å². The zero-order valence-electron chi connectivity index (χ0n) is 9.56. The van der Waals surface area contributed by atoms with Crippen molar-refractivity contribution in [2.24, 2.45) is 5.92 Å². The van der Waals surface area contributed by atoms with Gasteiger partial charge in [-0.3, -0.25) is 0 Å². The van der Waals surface area contributed by atoms with Crippen molar-refractivity contribution in [3.05, 3.63) is 16.1 Å². The van der Waals surface area contributed by atoms with Crippen molar-refractivity contribution in [2.75, 3.05) is 13.7 Å². The number of nitrogens with zero attached hydrogens (tertiary/aromatic N) is 1. The zero-order chi connectivity index (χ0) is 11.3. The van der Waals surface area contributed by atoms with E-state index in [1.165, 1.54) is 0 Å². The first-order chi connectivity index (χ1) is 7.11. The Bertz CT molecular complexity index is 288. The molecule has 86 valence electrons. The lowest BCUT2D eigenvalue weighted by atomic mass is 10.0. The monoisotopic (exact) mass is 229 g/mol. The van der Waals surface area contributed by atoms with Crippen LogP contribution in [0.2, 0.25) is 0 Å². The van der Waals surface area contributed by atoms with Crippen LogP contribution < -0.4 is 0 Å². The number of hydrogen-bond donors (Lipinski definition) is 1. The average Bonchev–Trinajstić information content (AvgIpc) is 2.51. The second-order valence-electron chi connectivity index (χ2n) is 4.01. The number of aliphatic hydroxyl groups is 1. The Kier molecular flexibility index (Phi) is 5.22. The van der Waals surface area contributed by atoms with Crippen molar-refractivity contribution >= 4 is 11.3 Å². The first-order valence-electron chi connectivity index (χ1n) is 5.19. The highest BCUT2D eigenvalue weighted by Gasteiger charge is 2.12. The number of thiazole rings is 1. The van der Waals surface area contributed by atoms with E-state index in [0.29, 0.717) is 18.9 Å². The Morgan fingerprint density at radius 1 is 1.60 bits per heavy atom. The molecule has 0 radical (unpaired) electrons. The molecule has 0 aliphatic heterocycles. The molecule has 0 saturated carbocycles. The smallest absolute Gasteiger partial charge is 0.0897 e. The summed E-state index contributed by atoms with van der Waals surface area (Å²) in [6, 6.07) is 0. The van der Waals surface area contributed by atoms with Crippen LogP contribution in [0.25, 0.3) is 0 Å². The van der Waals surface area contributed by atoms with Crippen molar-refractivity contribution in [1.29, 1.82) is 0 Å². The van der Waals surface area contributed by atoms with Gasteiger partial charge in [-0.1, -0.05) is 6.92 Å². The van der Waals surface area contributed by atoms with Gasteiger partial charge >= 0.3 is 0 Å². The number of ether oxygens (including phenoxy) is 1. The zero-order valence-corrected chi connectivity index (χ0v) is 10.4. The quantitative estimate of drug-likeness (QED) is 0.811. The van der Waals surface area contributed by atoms with Crippen LogP contribution in [-0.4, -0.2) is 29.9 Å². The molecule has 2 unspecified atom stereocenters. The Morgan fingerprint density at radius 3 is 2.87 bits per heavy atom. The van der Waals surface area contributed by atoms with E-state index < -0.39 is 0 Å². The predicted octanol–water partition coefficient (Wildman–Crippen LogP) is 2.03. The lowest BCUT2D eigenvalue weighted by molar-refractivity contribution is 0.101. The number of hydrogen-bond acceptors (Lipinski definition) is 4. The Hall–Kier alpha value is -0.450. The van der Waals surface area contributed by atoms with Gasteiger partial charge < -0.3 is 9.84 Å². The van der Waals surface area contributed by atoms with Crippen molar-refractivity contribution in [3.8, 4) is 0 Å². The highest BCUT2D eigenvalue weighted by atomic mass is 32.1. The Labute approximate surface area is 95.1 Å². The number of aliphatic hydroxyl groups excluding tert-OH is 1. The number of aromatic nitrogens is 1. The number of rotatable bonds is 6. The number of aryl methyl sites for hydroxylation is 1. The summed E-state index contributed by atoms with van der Waals surface area (Å²) in [5, 5.41) is 12.9. The van der Waals surface area contributed by atoms with Gasteiger partial charge in [-0.15, -0.1) is 11.3 Å². The van der Waals surface area contributed by atoms with Crippen molar-refractivity contribution in [1.82, 2.24) is 4.98 Å². The fraction of sp³-hybridized carbons (Fsp3) is 0.727. The van der Waals surface area contributed by atoms with Gasteiger partial charge in [-0.05, 0) is 19.3 Å². The fourth-order valence-corrected chi connectivity index (χ4v) is 2.27. The maximum atomic E-state index is 9.82. The molecule has 0 aliphatic rings. The van der Waals surface area contributed by atoms with Crippen molar-refractivity contribution < 1.29 is 9.84 Å². The van der Waals surface area contributed by atoms with Gasteiger partial charge in [0.1, 0.15) is 0 Å². The van der Waals surface area contributed by atoms with Gasteiger partial charge in [0.05, 0.1) is 16.8 Å². The minimum atomic E-state index is -0.309. The summed E-state index contributed by atoms with van der Waals surface area (Å²) in [4.78, 5) is 4.33.